The molecule has 2 aromatic heterocycles. The van der Waals surface area contributed by atoms with E-state index in [2.05, 4.69) is 10.1 Å². The second kappa shape index (κ2) is 12.3. The number of likely N-dealkylation sites (tertiary alicyclic amines) is 1. The number of methoxy groups -OCH3 is 1. The predicted octanol–water partition coefficient (Wildman–Crippen LogP) is 4.03. The zero-order valence-corrected chi connectivity index (χ0v) is 20.1. The Kier molecular flexibility index (Phi) is 9.10. The third-order valence-corrected chi connectivity index (χ3v) is 5.65. The molecule has 3 N–H and O–H groups in total. The molecule has 0 spiro atoms. The number of carboxylic acid groups (broad SMARTS) is 1. The van der Waals surface area contributed by atoms with E-state index in [-0.39, 0.29) is 24.0 Å². The number of hydrogen-bond donors (Lipinski definition) is 2. The number of nitrogens with zero attached hydrogens (tertiary/aromatic N) is 3. The Bertz CT molecular complexity index is 1250. The molecule has 14 heteroatoms. The summed E-state index contributed by atoms with van der Waals surface area (Å²) in [6.07, 6.45) is -0.458. The Balaban J connectivity index is 0.000000505. The van der Waals surface area contributed by atoms with E-state index in [0.29, 0.717) is 36.1 Å². The summed E-state index contributed by atoms with van der Waals surface area (Å²) in [6.45, 7) is 1.18. The molecular formula is C24H24F4N4O6. The van der Waals surface area contributed by atoms with Crippen molar-refractivity contribution in [1.82, 2.24) is 15.0 Å². The number of benzene rings is 1. The van der Waals surface area contributed by atoms with Crippen LogP contribution in [0.5, 0.6) is 11.5 Å². The highest BCUT2D eigenvalue weighted by Gasteiger charge is 2.38. The molecule has 0 atom stereocenters. The number of nitrogens with two attached hydrogens (primary N) is 1. The topological polar surface area (TPSA) is 141 Å². The minimum Gasteiger partial charge on any atom is -0.496 e. The summed E-state index contributed by atoms with van der Waals surface area (Å²) in [5.41, 5.74) is 7.33. The molecule has 3 heterocycles. The molecule has 0 saturated carbocycles. The van der Waals surface area contributed by atoms with E-state index >= 15 is 0 Å². The number of carbonyl (C=O) groups excluding carboxylic acids is 1. The molecule has 0 unspecified atom stereocenters. The third-order valence-electron chi connectivity index (χ3n) is 5.65. The van der Waals surface area contributed by atoms with Crippen molar-refractivity contribution >= 4 is 17.7 Å². The van der Waals surface area contributed by atoms with Gasteiger partial charge in [-0.25, -0.2) is 14.2 Å². The van der Waals surface area contributed by atoms with Gasteiger partial charge in [0.2, 0.25) is 0 Å². The van der Waals surface area contributed by atoms with E-state index < -0.39 is 18.0 Å². The van der Waals surface area contributed by atoms with Crippen LogP contribution in [0.3, 0.4) is 0 Å². The van der Waals surface area contributed by atoms with Crippen LogP contribution < -0.4 is 15.2 Å². The minimum absolute atomic E-state index is 0.0268. The average molecular weight is 540 g/mol. The molecule has 0 bridgehead atoms. The maximum absolute atomic E-state index is 14.6. The van der Waals surface area contributed by atoms with E-state index in [4.69, 9.17) is 29.6 Å². The number of nitrogen functional groups attached to an aromatic ring is 1. The van der Waals surface area contributed by atoms with Crippen LogP contribution in [0.15, 0.2) is 47.3 Å². The molecule has 1 saturated heterocycles. The average Bonchev–Trinajstić information content (AvgIpc) is 3.41. The lowest BCUT2D eigenvalue weighted by atomic mass is 9.89. The van der Waals surface area contributed by atoms with Crippen molar-refractivity contribution in [1.29, 1.82) is 0 Å². The Hall–Kier alpha value is -4.36. The number of hydrogen-bond acceptors (Lipinski definition) is 8. The van der Waals surface area contributed by atoms with Crippen LogP contribution in [-0.4, -0.2) is 58.4 Å². The summed E-state index contributed by atoms with van der Waals surface area (Å²) >= 11 is 0. The summed E-state index contributed by atoms with van der Waals surface area (Å²) in [4.78, 5) is 27.6. The Morgan fingerprint density at radius 1 is 1.21 bits per heavy atom. The molecular weight excluding hydrogens is 516 g/mol. The molecule has 1 aliphatic rings. The van der Waals surface area contributed by atoms with Gasteiger partial charge in [0.05, 0.1) is 12.7 Å². The summed E-state index contributed by atoms with van der Waals surface area (Å²) in [5.74, 6) is -2.09. The molecule has 0 radical (unpaired) electrons. The number of piperidine rings is 1. The Morgan fingerprint density at radius 3 is 2.45 bits per heavy atom. The monoisotopic (exact) mass is 540 g/mol. The molecule has 1 aromatic carbocycles. The Morgan fingerprint density at radius 2 is 1.89 bits per heavy atom. The highest BCUT2D eigenvalue weighted by Crippen LogP contribution is 2.35. The van der Waals surface area contributed by atoms with Gasteiger partial charge in [-0.1, -0.05) is 5.16 Å². The zero-order valence-electron chi connectivity index (χ0n) is 20.1. The standard InChI is InChI=1S/C22H23FN4O4.C2HF3O2/c1-29-20-11-21(24)25-12-18(20)14-4-7-27(8-5-14)22(28)17-3-2-16(10-19(17)23)30-13-15-6-9-31-26-15;3-2(4,5)1(6)7/h2-3,6,9-12,14H,4-5,7-8,13H2,1H3,(H2,24,25);(H,6,7). The summed E-state index contributed by atoms with van der Waals surface area (Å²) < 4.78 is 62.0. The highest BCUT2D eigenvalue weighted by molar-refractivity contribution is 5.94. The van der Waals surface area contributed by atoms with Crippen molar-refractivity contribution in [2.45, 2.75) is 31.5 Å². The number of carbonyl (C=O) groups is 2. The van der Waals surface area contributed by atoms with E-state index in [9.17, 15) is 22.4 Å². The number of alkyl halides is 3. The van der Waals surface area contributed by atoms with Gasteiger partial charge in [0, 0.05) is 43.0 Å². The van der Waals surface area contributed by atoms with Gasteiger partial charge in [-0.3, -0.25) is 4.79 Å². The van der Waals surface area contributed by atoms with Gasteiger partial charge in [0.15, 0.2) is 0 Å². The Labute approximate surface area is 213 Å². The first-order chi connectivity index (χ1) is 18.0. The fraction of sp³-hybridized carbons (Fsp3) is 0.333. The highest BCUT2D eigenvalue weighted by atomic mass is 19.4. The lowest BCUT2D eigenvalue weighted by Crippen LogP contribution is -2.38. The number of aliphatic carboxylic acids is 1. The molecule has 10 nitrogen and oxygen atoms in total. The number of rotatable bonds is 6. The van der Waals surface area contributed by atoms with Crippen LogP contribution >= 0.6 is 0 Å². The normalized spacial score (nSPS) is 13.9. The fourth-order valence-corrected chi connectivity index (χ4v) is 3.74. The summed E-state index contributed by atoms with van der Waals surface area (Å²) in [7, 11) is 1.60. The maximum atomic E-state index is 14.6. The quantitative estimate of drug-likeness (QED) is 0.443. The van der Waals surface area contributed by atoms with Crippen LogP contribution in [0.1, 0.15) is 40.4 Å². The van der Waals surface area contributed by atoms with Crippen LogP contribution in [0.25, 0.3) is 0 Å². The van der Waals surface area contributed by atoms with Crippen LogP contribution in [0, 0.1) is 5.82 Å². The van der Waals surface area contributed by atoms with Gasteiger partial charge >= 0.3 is 12.1 Å². The third kappa shape index (κ3) is 7.33. The number of amides is 1. The predicted molar refractivity (Wildman–Crippen MR) is 124 cm³/mol. The smallest absolute Gasteiger partial charge is 0.490 e. The van der Waals surface area contributed by atoms with Crippen molar-refractivity contribution in [3.8, 4) is 11.5 Å². The molecule has 3 aromatic rings. The minimum atomic E-state index is -5.08. The summed E-state index contributed by atoms with van der Waals surface area (Å²) in [5, 5.41) is 10.9. The summed E-state index contributed by atoms with van der Waals surface area (Å²) in [6, 6.07) is 7.61. The molecule has 1 amide bonds. The van der Waals surface area contributed by atoms with Gasteiger partial charge in [-0.15, -0.1) is 0 Å². The SMILES string of the molecule is COc1cc(N)ncc1C1CCN(C(=O)c2ccc(OCc3ccon3)cc2F)CC1.O=C(O)C(F)(F)F. The lowest BCUT2D eigenvalue weighted by molar-refractivity contribution is -0.192. The molecule has 1 aliphatic heterocycles. The fourth-order valence-electron chi connectivity index (χ4n) is 3.74. The van der Waals surface area contributed by atoms with Crippen LogP contribution in [-0.2, 0) is 11.4 Å². The molecule has 4 rings (SSSR count). The van der Waals surface area contributed by atoms with Crippen LogP contribution in [0.4, 0.5) is 23.4 Å². The number of anilines is 1. The first-order valence-corrected chi connectivity index (χ1v) is 11.2. The number of pyridine rings is 1. The largest absolute Gasteiger partial charge is 0.496 e. The van der Waals surface area contributed by atoms with Crippen molar-refractivity contribution in [2.75, 3.05) is 25.9 Å². The van der Waals surface area contributed by atoms with Gasteiger partial charge in [0.1, 0.15) is 41.7 Å². The van der Waals surface area contributed by atoms with Crippen molar-refractivity contribution in [2.24, 2.45) is 0 Å². The van der Waals surface area contributed by atoms with E-state index in [1.165, 1.54) is 18.4 Å². The molecule has 1 fully saturated rings. The number of halogens is 4. The van der Waals surface area contributed by atoms with Gasteiger partial charge in [-0.05, 0) is 30.9 Å². The van der Waals surface area contributed by atoms with Crippen molar-refractivity contribution in [3.63, 3.8) is 0 Å². The van der Waals surface area contributed by atoms with E-state index in [1.807, 2.05) is 0 Å². The first kappa shape index (κ1) is 28.2. The van der Waals surface area contributed by atoms with Crippen molar-refractivity contribution < 1.29 is 46.3 Å². The maximum Gasteiger partial charge on any atom is 0.490 e. The van der Waals surface area contributed by atoms with E-state index in [0.717, 1.165) is 18.4 Å². The van der Waals surface area contributed by atoms with Gasteiger partial charge in [-0.2, -0.15) is 13.2 Å². The first-order valence-electron chi connectivity index (χ1n) is 11.2. The van der Waals surface area contributed by atoms with Gasteiger partial charge < -0.3 is 29.7 Å². The van der Waals surface area contributed by atoms with E-state index in [1.54, 1.807) is 36.4 Å². The number of ether oxygens (including phenoxy) is 2. The van der Waals surface area contributed by atoms with Crippen molar-refractivity contribution in [3.05, 3.63) is 65.4 Å². The lowest BCUT2D eigenvalue weighted by Gasteiger charge is -2.32. The number of carboxylic acids is 1. The second-order valence-electron chi connectivity index (χ2n) is 8.14. The number of aromatic nitrogens is 2. The molecule has 38 heavy (non-hydrogen) atoms. The second-order valence-corrected chi connectivity index (χ2v) is 8.14. The zero-order chi connectivity index (χ0) is 27.9. The van der Waals surface area contributed by atoms with Gasteiger partial charge in [0.25, 0.3) is 5.91 Å². The molecule has 204 valence electrons. The van der Waals surface area contributed by atoms with Crippen LogP contribution in [0.2, 0.25) is 0 Å². The molecule has 0 aliphatic carbocycles.